The fourth-order valence-electron chi connectivity index (χ4n) is 1.47. The molecule has 2 rings (SSSR count). The van der Waals surface area contributed by atoms with Crippen LogP contribution < -0.4 is 10.6 Å². The third kappa shape index (κ3) is 1.94. The van der Waals surface area contributed by atoms with E-state index in [-0.39, 0.29) is 0 Å². The Morgan fingerprint density at radius 2 is 2.27 bits per heavy atom. The largest absolute Gasteiger partial charge is 0.423 e. The lowest BCUT2D eigenvalue weighted by molar-refractivity contribution is 0.584. The Bertz CT molecular complexity index is 464. The average Bonchev–Trinajstić information content (AvgIpc) is 2.60. The van der Waals surface area contributed by atoms with E-state index in [1.807, 2.05) is 37.1 Å². The molecular weight excluding hydrogens is 190 g/mol. The molecule has 1 aromatic carbocycles. The van der Waals surface area contributed by atoms with Crippen molar-refractivity contribution in [3.63, 3.8) is 0 Å². The quantitative estimate of drug-likeness (QED) is 0.825. The van der Waals surface area contributed by atoms with Crippen molar-refractivity contribution < 1.29 is 4.42 Å². The molecule has 4 heteroatoms. The number of fused-ring (bicyclic) bond motifs is 1. The Morgan fingerprint density at radius 1 is 1.47 bits per heavy atom. The van der Waals surface area contributed by atoms with E-state index in [2.05, 4.69) is 4.98 Å². The molecule has 0 saturated heterocycles. The van der Waals surface area contributed by atoms with Crippen LogP contribution in [0.3, 0.4) is 0 Å². The number of oxazole rings is 1. The van der Waals surface area contributed by atoms with E-state index in [9.17, 15) is 0 Å². The Morgan fingerprint density at radius 3 is 3.00 bits per heavy atom. The van der Waals surface area contributed by atoms with E-state index in [0.29, 0.717) is 12.6 Å². The summed E-state index contributed by atoms with van der Waals surface area (Å²) in [5.74, 6) is 0. The number of hydrogen-bond donors (Lipinski definition) is 1. The van der Waals surface area contributed by atoms with Crippen molar-refractivity contribution in [1.29, 1.82) is 0 Å². The topological polar surface area (TPSA) is 55.3 Å². The number of nitrogens with zero attached hydrogens (tertiary/aromatic N) is 2. The molecule has 2 N–H and O–H groups in total. The van der Waals surface area contributed by atoms with Crippen molar-refractivity contribution in [2.75, 3.05) is 25.0 Å². The Balaban J connectivity index is 2.38. The van der Waals surface area contributed by atoms with Gasteiger partial charge in [-0.05, 0) is 24.6 Å². The molecular formula is C11H15N3O. The number of anilines is 1. The summed E-state index contributed by atoms with van der Waals surface area (Å²) in [5, 5.41) is 0. The lowest BCUT2D eigenvalue weighted by atomic mass is 10.2. The molecule has 0 amide bonds. The summed E-state index contributed by atoms with van der Waals surface area (Å²) in [6.07, 6.45) is 0. The maximum Gasteiger partial charge on any atom is 0.298 e. The summed E-state index contributed by atoms with van der Waals surface area (Å²) < 4.78 is 5.62. The molecule has 0 saturated carbocycles. The highest BCUT2D eigenvalue weighted by atomic mass is 16.4. The minimum absolute atomic E-state index is 0.592. The third-order valence-electron chi connectivity index (χ3n) is 2.32. The minimum atomic E-state index is 0.592. The van der Waals surface area contributed by atoms with Crippen LogP contribution in [0.5, 0.6) is 0 Å². The summed E-state index contributed by atoms with van der Waals surface area (Å²) in [7, 11) is 1.92. The normalized spacial score (nSPS) is 10.9. The first-order chi connectivity index (χ1) is 7.20. The Kier molecular flexibility index (Phi) is 2.60. The van der Waals surface area contributed by atoms with Crippen molar-refractivity contribution in [1.82, 2.24) is 4.98 Å². The van der Waals surface area contributed by atoms with Gasteiger partial charge < -0.3 is 15.1 Å². The standard InChI is InChI=1S/C11H15N3O/c1-8-3-4-9-10(7-8)15-11(13-9)14(2)6-5-12/h3-4,7H,5-6,12H2,1-2H3. The van der Waals surface area contributed by atoms with E-state index in [4.69, 9.17) is 10.2 Å². The summed E-state index contributed by atoms with van der Waals surface area (Å²) in [5.41, 5.74) is 8.36. The zero-order chi connectivity index (χ0) is 10.8. The summed E-state index contributed by atoms with van der Waals surface area (Å²) in [6.45, 7) is 3.37. The van der Waals surface area contributed by atoms with Crippen LogP contribution in [0.2, 0.25) is 0 Å². The Labute approximate surface area is 88.7 Å². The number of aryl methyl sites for hydroxylation is 1. The van der Waals surface area contributed by atoms with E-state index in [1.54, 1.807) is 0 Å². The van der Waals surface area contributed by atoms with Gasteiger partial charge in [0, 0.05) is 20.1 Å². The van der Waals surface area contributed by atoms with Gasteiger partial charge in [-0.1, -0.05) is 6.07 Å². The summed E-state index contributed by atoms with van der Waals surface area (Å²) in [4.78, 5) is 6.29. The van der Waals surface area contributed by atoms with Gasteiger partial charge in [-0.25, -0.2) is 0 Å². The minimum Gasteiger partial charge on any atom is -0.423 e. The van der Waals surface area contributed by atoms with Crippen molar-refractivity contribution in [2.24, 2.45) is 5.73 Å². The van der Waals surface area contributed by atoms with E-state index in [0.717, 1.165) is 17.6 Å². The average molecular weight is 205 g/mol. The number of aromatic nitrogens is 1. The van der Waals surface area contributed by atoms with Gasteiger partial charge in [-0.15, -0.1) is 0 Å². The van der Waals surface area contributed by atoms with Crippen LogP contribution in [0.15, 0.2) is 22.6 Å². The molecule has 0 bridgehead atoms. The van der Waals surface area contributed by atoms with Crippen LogP contribution in [0, 0.1) is 6.92 Å². The van der Waals surface area contributed by atoms with Gasteiger partial charge in [-0.3, -0.25) is 0 Å². The lowest BCUT2D eigenvalue weighted by Crippen LogP contribution is -2.25. The van der Waals surface area contributed by atoms with Gasteiger partial charge in [0.1, 0.15) is 5.52 Å². The van der Waals surface area contributed by atoms with Gasteiger partial charge in [0.25, 0.3) is 6.01 Å². The Hall–Kier alpha value is -1.55. The zero-order valence-corrected chi connectivity index (χ0v) is 9.03. The third-order valence-corrected chi connectivity index (χ3v) is 2.32. The summed E-state index contributed by atoms with van der Waals surface area (Å²) in [6, 6.07) is 6.61. The van der Waals surface area contributed by atoms with Crippen molar-refractivity contribution in [3.8, 4) is 0 Å². The molecule has 2 aromatic rings. The molecule has 0 radical (unpaired) electrons. The second kappa shape index (κ2) is 3.90. The van der Waals surface area contributed by atoms with Crippen molar-refractivity contribution >= 4 is 17.1 Å². The molecule has 0 unspecified atom stereocenters. The first-order valence-corrected chi connectivity index (χ1v) is 4.99. The maximum atomic E-state index is 5.62. The van der Waals surface area contributed by atoms with Crippen molar-refractivity contribution in [2.45, 2.75) is 6.92 Å². The highest BCUT2D eigenvalue weighted by molar-refractivity contribution is 5.75. The molecule has 1 aromatic heterocycles. The molecule has 0 aliphatic carbocycles. The monoisotopic (exact) mass is 205 g/mol. The van der Waals surface area contributed by atoms with E-state index >= 15 is 0 Å². The molecule has 0 aliphatic heterocycles. The predicted octanol–water partition coefficient (Wildman–Crippen LogP) is 1.53. The molecule has 0 fully saturated rings. The maximum absolute atomic E-state index is 5.62. The molecule has 15 heavy (non-hydrogen) atoms. The van der Waals surface area contributed by atoms with Crippen LogP contribution in [0.1, 0.15) is 5.56 Å². The van der Waals surface area contributed by atoms with Crippen LogP contribution in [-0.4, -0.2) is 25.1 Å². The second-order valence-electron chi connectivity index (χ2n) is 3.68. The van der Waals surface area contributed by atoms with Gasteiger partial charge in [-0.2, -0.15) is 4.98 Å². The smallest absolute Gasteiger partial charge is 0.298 e. The fraction of sp³-hybridized carbons (Fsp3) is 0.364. The van der Waals surface area contributed by atoms with Gasteiger partial charge in [0.05, 0.1) is 0 Å². The lowest BCUT2D eigenvalue weighted by Gasteiger charge is -2.11. The van der Waals surface area contributed by atoms with Gasteiger partial charge >= 0.3 is 0 Å². The zero-order valence-electron chi connectivity index (χ0n) is 9.03. The molecule has 4 nitrogen and oxygen atoms in total. The number of nitrogens with two attached hydrogens (primary N) is 1. The number of likely N-dealkylation sites (N-methyl/N-ethyl adjacent to an activating group) is 1. The SMILES string of the molecule is Cc1ccc2nc(N(C)CCN)oc2c1. The van der Waals surface area contributed by atoms with E-state index in [1.165, 1.54) is 5.56 Å². The van der Waals surface area contributed by atoms with Gasteiger partial charge in [0.2, 0.25) is 0 Å². The first-order valence-electron chi connectivity index (χ1n) is 4.99. The molecule has 80 valence electrons. The first kappa shape index (κ1) is 9.98. The van der Waals surface area contributed by atoms with Crippen LogP contribution in [-0.2, 0) is 0 Å². The van der Waals surface area contributed by atoms with Crippen molar-refractivity contribution in [3.05, 3.63) is 23.8 Å². The van der Waals surface area contributed by atoms with E-state index < -0.39 is 0 Å². The number of hydrogen-bond acceptors (Lipinski definition) is 4. The fourth-order valence-corrected chi connectivity index (χ4v) is 1.47. The molecule has 0 spiro atoms. The molecule has 0 atom stereocenters. The van der Waals surface area contributed by atoms with Crippen LogP contribution >= 0.6 is 0 Å². The van der Waals surface area contributed by atoms with Crippen LogP contribution in [0.25, 0.3) is 11.1 Å². The van der Waals surface area contributed by atoms with Gasteiger partial charge in [0.15, 0.2) is 5.58 Å². The highest BCUT2D eigenvalue weighted by Gasteiger charge is 2.09. The summed E-state index contributed by atoms with van der Waals surface area (Å²) >= 11 is 0. The predicted molar refractivity (Wildman–Crippen MR) is 61.1 cm³/mol. The number of benzene rings is 1. The molecule has 0 aliphatic rings. The van der Waals surface area contributed by atoms with Crippen LogP contribution in [0.4, 0.5) is 6.01 Å². The second-order valence-corrected chi connectivity index (χ2v) is 3.68. The number of rotatable bonds is 3. The molecule has 1 heterocycles. The highest BCUT2D eigenvalue weighted by Crippen LogP contribution is 2.21.